The topological polar surface area (TPSA) is 55.8 Å². The van der Waals surface area contributed by atoms with Gasteiger partial charge in [-0.15, -0.1) is 0 Å². The molecule has 0 aromatic heterocycles. The SMILES string of the molecule is C=C1C(=O)OC(c2ccc(O)c(OC)c2)C1c1ccccc1. The van der Waals surface area contributed by atoms with Gasteiger partial charge >= 0.3 is 5.97 Å². The first kappa shape index (κ1) is 14.2. The van der Waals surface area contributed by atoms with Crippen LogP contribution in [0.2, 0.25) is 0 Å². The molecule has 0 amide bonds. The molecule has 2 aromatic carbocycles. The fourth-order valence-corrected chi connectivity index (χ4v) is 2.74. The van der Waals surface area contributed by atoms with Gasteiger partial charge in [0.2, 0.25) is 0 Å². The molecule has 0 aliphatic carbocycles. The van der Waals surface area contributed by atoms with E-state index < -0.39 is 12.1 Å². The number of hydrogen-bond acceptors (Lipinski definition) is 4. The van der Waals surface area contributed by atoms with Crippen LogP contribution in [0.25, 0.3) is 0 Å². The number of cyclic esters (lactones) is 1. The van der Waals surface area contributed by atoms with E-state index in [-0.39, 0.29) is 11.7 Å². The molecule has 1 saturated heterocycles. The zero-order chi connectivity index (χ0) is 15.7. The lowest BCUT2D eigenvalue weighted by Gasteiger charge is -2.19. The summed E-state index contributed by atoms with van der Waals surface area (Å²) >= 11 is 0. The van der Waals surface area contributed by atoms with Crippen molar-refractivity contribution in [2.45, 2.75) is 12.0 Å². The van der Waals surface area contributed by atoms with Crippen LogP contribution in [0.3, 0.4) is 0 Å². The van der Waals surface area contributed by atoms with Crippen LogP contribution in [0, 0.1) is 0 Å². The van der Waals surface area contributed by atoms with Crippen molar-refractivity contribution in [3.63, 3.8) is 0 Å². The Hall–Kier alpha value is -2.75. The number of benzene rings is 2. The molecule has 22 heavy (non-hydrogen) atoms. The van der Waals surface area contributed by atoms with Crippen molar-refractivity contribution in [3.05, 3.63) is 71.8 Å². The van der Waals surface area contributed by atoms with E-state index in [1.165, 1.54) is 13.2 Å². The van der Waals surface area contributed by atoms with E-state index in [9.17, 15) is 9.90 Å². The molecule has 1 aliphatic heterocycles. The molecule has 1 N–H and O–H groups in total. The largest absolute Gasteiger partial charge is 0.504 e. The number of ether oxygens (including phenoxy) is 2. The monoisotopic (exact) mass is 296 g/mol. The highest BCUT2D eigenvalue weighted by Gasteiger charge is 2.40. The molecule has 1 aliphatic rings. The summed E-state index contributed by atoms with van der Waals surface area (Å²) in [5, 5.41) is 9.71. The van der Waals surface area contributed by atoms with Crippen molar-refractivity contribution >= 4 is 5.97 Å². The number of esters is 1. The summed E-state index contributed by atoms with van der Waals surface area (Å²) < 4.78 is 10.6. The summed E-state index contributed by atoms with van der Waals surface area (Å²) in [5.41, 5.74) is 2.16. The predicted octanol–water partition coefficient (Wildman–Crippen LogP) is 3.34. The summed E-state index contributed by atoms with van der Waals surface area (Å²) in [6.45, 7) is 3.87. The van der Waals surface area contributed by atoms with Crippen LogP contribution in [0.4, 0.5) is 0 Å². The second-order valence-electron chi connectivity index (χ2n) is 5.17. The molecule has 2 unspecified atom stereocenters. The van der Waals surface area contributed by atoms with E-state index in [0.717, 1.165) is 11.1 Å². The molecule has 2 atom stereocenters. The summed E-state index contributed by atoms with van der Waals surface area (Å²) in [4.78, 5) is 12.0. The molecule has 0 saturated carbocycles. The molecule has 2 aromatic rings. The van der Waals surface area contributed by atoms with Crippen molar-refractivity contribution in [1.29, 1.82) is 0 Å². The number of phenols is 1. The van der Waals surface area contributed by atoms with E-state index in [2.05, 4.69) is 6.58 Å². The molecule has 0 radical (unpaired) electrons. The average Bonchev–Trinajstić information content (AvgIpc) is 2.84. The Labute approximate surface area is 128 Å². The summed E-state index contributed by atoms with van der Waals surface area (Å²) in [6, 6.07) is 14.6. The first-order valence-corrected chi connectivity index (χ1v) is 6.93. The van der Waals surface area contributed by atoms with Crippen LogP contribution in [0.1, 0.15) is 23.1 Å². The number of carbonyl (C=O) groups excluding carboxylic acids is 1. The summed E-state index contributed by atoms with van der Waals surface area (Å²) in [6.07, 6.45) is -0.475. The van der Waals surface area contributed by atoms with E-state index in [4.69, 9.17) is 9.47 Å². The highest BCUT2D eigenvalue weighted by atomic mass is 16.6. The lowest BCUT2D eigenvalue weighted by molar-refractivity contribution is -0.139. The Morgan fingerprint density at radius 1 is 1.14 bits per heavy atom. The van der Waals surface area contributed by atoms with Crippen LogP contribution in [-0.4, -0.2) is 18.2 Å². The summed E-state index contributed by atoms with van der Waals surface area (Å²) in [5.74, 6) is -0.252. The summed E-state index contributed by atoms with van der Waals surface area (Å²) in [7, 11) is 1.48. The molecule has 4 nitrogen and oxygen atoms in total. The van der Waals surface area contributed by atoms with Crippen LogP contribution in [0.15, 0.2) is 60.7 Å². The van der Waals surface area contributed by atoms with Gasteiger partial charge in [-0.05, 0) is 23.3 Å². The number of hydrogen-bond donors (Lipinski definition) is 1. The first-order valence-electron chi connectivity index (χ1n) is 6.93. The Kier molecular flexibility index (Phi) is 3.59. The fraction of sp³-hybridized carbons (Fsp3) is 0.167. The van der Waals surface area contributed by atoms with Crippen molar-refractivity contribution in [3.8, 4) is 11.5 Å². The molecule has 3 rings (SSSR count). The molecule has 4 heteroatoms. The van der Waals surface area contributed by atoms with Crippen LogP contribution in [0.5, 0.6) is 11.5 Å². The van der Waals surface area contributed by atoms with E-state index in [1.807, 2.05) is 30.3 Å². The van der Waals surface area contributed by atoms with Gasteiger partial charge < -0.3 is 14.6 Å². The number of aromatic hydroxyl groups is 1. The predicted molar refractivity (Wildman–Crippen MR) is 81.8 cm³/mol. The van der Waals surface area contributed by atoms with Crippen molar-refractivity contribution in [2.75, 3.05) is 7.11 Å². The Morgan fingerprint density at radius 3 is 2.55 bits per heavy atom. The van der Waals surface area contributed by atoms with Gasteiger partial charge in [0.15, 0.2) is 11.5 Å². The zero-order valence-electron chi connectivity index (χ0n) is 12.2. The lowest BCUT2D eigenvalue weighted by atomic mass is 9.86. The van der Waals surface area contributed by atoms with E-state index in [1.54, 1.807) is 12.1 Å². The Balaban J connectivity index is 2.05. The molecule has 0 spiro atoms. The van der Waals surface area contributed by atoms with Gasteiger partial charge in [-0.3, -0.25) is 0 Å². The van der Waals surface area contributed by atoms with Gasteiger partial charge in [-0.25, -0.2) is 4.79 Å². The Morgan fingerprint density at radius 2 is 1.86 bits per heavy atom. The lowest BCUT2D eigenvalue weighted by Crippen LogP contribution is -2.07. The molecular formula is C18H16O4. The molecular weight excluding hydrogens is 280 g/mol. The highest BCUT2D eigenvalue weighted by molar-refractivity contribution is 5.92. The van der Waals surface area contributed by atoms with Gasteiger partial charge in [0.1, 0.15) is 6.10 Å². The first-order chi connectivity index (χ1) is 10.6. The minimum Gasteiger partial charge on any atom is -0.504 e. The molecule has 0 bridgehead atoms. The van der Waals surface area contributed by atoms with Gasteiger partial charge in [0.25, 0.3) is 0 Å². The molecule has 112 valence electrons. The van der Waals surface area contributed by atoms with Gasteiger partial charge in [0.05, 0.1) is 13.0 Å². The van der Waals surface area contributed by atoms with E-state index in [0.29, 0.717) is 11.3 Å². The van der Waals surface area contributed by atoms with Gasteiger partial charge in [-0.1, -0.05) is 43.0 Å². The maximum Gasteiger partial charge on any atom is 0.334 e. The third kappa shape index (κ3) is 2.33. The second-order valence-corrected chi connectivity index (χ2v) is 5.17. The van der Waals surface area contributed by atoms with Crippen molar-refractivity contribution in [2.24, 2.45) is 0 Å². The second kappa shape index (κ2) is 5.56. The van der Waals surface area contributed by atoms with Gasteiger partial charge in [-0.2, -0.15) is 0 Å². The average molecular weight is 296 g/mol. The van der Waals surface area contributed by atoms with Crippen LogP contribution in [-0.2, 0) is 9.53 Å². The third-order valence-corrected chi connectivity index (χ3v) is 3.87. The van der Waals surface area contributed by atoms with Gasteiger partial charge in [0, 0.05) is 5.57 Å². The molecule has 1 fully saturated rings. The van der Waals surface area contributed by atoms with Crippen LogP contribution < -0.4 is 4.74 Å². The fourth-order valence-electron chi connectivity index (χ4n) is 2.74. The number of methoxy groups -OCH3 is 1. The number of rotatable bonds is 3. The standard InChI is InChI=1S/C18H16O4/c1-11-16(12-6-4-3-5-7-12)17(22-18(11)20)13-8-9-14(19)15(10-13)21-2/h3-10,16-17,19H,1H2,2H3. The maximum atomic E-state index is 12.0. The highest BCUT2D eigenvalue weighted by Crippen LogP contribution is 2.46. The van der Waals surface area contributed by atoms with Crippen LogP contribution >= 0.6 is 0 Å². The quantitative estimate of drug-likeness (QED) is 0.697. The Bertz CT molecular complexity index is 721. The number of phenolic OH excluding ortho intramolecular Hbond substituents is 1. The van der Waals surface area contributed by atoms with Crippen molar-refractivity contribution in [1.82, 2.24) is 0 Å². The smallest absolute Gasteiger partial charge is 0.334 e. The third-order valence-electron chi connectivity index (χ3n) is 3.87. The number of carbonyl (C=O) groups is 1. The maximum absolute atomic E-state index is 12.0. The van der Waals surface area contributed by atoms with E-state index >= 15 is 0 Å². The minimum absolute atomic E-state index is 0.0469. The zero-order valence-corrected chi connectivity index (χ0v) is 12.2. The normalized spacial score (nSPS) is 20.8. The molecule has 1 heterocycles. The van der Waals surface area contributed by atoms with Crippen molar-refractivity contribution < 1.29 is 19.4 Å². The minimum atomic E-state index is -0.475.